The Labute approximate surface area is 119 Å². The Bertz CT molecular complexity index is 632. The monoisotopic (exact) mass is 302 g/mol. The van der Waals surface area contributed by atoms with E-state index in [4.69, 9.17) is 22.2 Å². The topological polar surface area (TPSA) is 65.1 Å². The largest absolute Gasteiger partial charge is 0.493 e. The van der Waals surface area contributed by atoms with E-state index in [1.165, 1.54) is 18.0 Å². The number of halogens is 3. The molecule has 2 aromatic rings. The molecule has 0 saturated heterocycles. The van der Waals surface area contributed by atoms with Crippen molar-refractivity contribution in [1.82, 2.24) is 15.2 Å². The zero-order valence-electron chi connectivity index (χ0n) is 10.8. The highest BCUT2D eigenvalue weighted by molar-refractivity contribution is 6.30. The molecular weight excluding hydrogens is 290 g/mol. The van der Waals surface area contributed by atoms with Gasteiger partial charge in [0.15, 0.2) is 5.75 Å². The van der Waals surface area contributed by atoms with Crippen molar-refractivity contribution in [3.05, 3.63) is 46.2 Å². The van der Waals surface area contributed by atoms with Crippen LogP contribution in [-0.4, -0.2) is 16.9 Å². The standard InChI is InChI=1S/C12H13ClF2N4O/c1-19-12(10(20-2)5-17-19)11(18-16)6-3-9(15)7(13)4-8(6)14/h3-5,11,18H,16H2,1-2H3. The molecule has 0 aliphatic carbocycles. The van der Waals surface area contributed by atoms with E-state index in [1.807, 2.05) is 0 Å². The zero-order chi connectivity index (χ0) is 14.9. The summed E-state index contributed by atoms with van der Waals surface area (Å²) < 4.78 is 34.2. The lowest BCUT2D eigenvalue weighted by atomic mass is 10.0. The highest BCUT2D eigenvalue weighted by Gasteiger charge is 2.25. The van der Waals surface area contributed by atoms with E-state index in [2.05, 4.69) is 10.5 Å². The van der Waals surface area contributed by atoms with Crippen molar-refractivity contribution in [2.45, 2.75) is 6.04 Å². The predicted octanol–water partition coefficient (Wildman–Crippen LogP) is 1.91. The van der Waals surface area contributed by atoms with Gasteiger partial charge in [0.2, 0.25) is 0 Å². The fourth-order valence-corrected chi connectivity index (χ4v) is 2.14. The van der Waals surface area contributed by atoms with Gasteiger partial charge in [-0.05, 0) is 12.1 Å². The lowest BCUT2D eigenvalue weighted by Crippen LogP contribution is -2.31. The molecule has 0 amide bonds. The van der Waals surface area contributed by atoms with Crippen LogP contribution in [0.5, 0.6) is 5.75 Å². The fourth-order valence-electron chi connectivity index (χ4n) is 1.99. The van der Waals surface area contributed by atoms with Crippen LogP contribution in [0, 0.1) is 11.6 Å². The molecule has 0 saturated carbocycles. The summed E-state index contributed by atoms with van der Waals surface area (Å²) in [4.78, 5) is 0. The maximum atomic E-state index is 14.0. The molecule has 108 valence electrons. The molecule has 1 atom stereocenters. The van der Waals surface area contributed by atoms with Crippen LogP contribution in [0.25, 0.3) is 0 Å². The molecule has 20 heavy (non-hydrogen) atoms. The summed E-state index contributed by atoms with van der Waals surface area (Å²) in [5, 5.41) is 3.71. The summed E-state index contributed by atoms with van der Waals surface area (Å²) in [7, 11) is 3.10. The minimum atomic E-state index is -0.829. The first-order chi connectivity index (χ1) is 9.49. The van der Waals surface area contributed by atoms with Crippen LogP contribution >= 0.6 is 11.6 Å². The summed E-state index contributed by atoms with van der Waals surface area (Å²) in [5.74, 6) is 4.47. The zero-order valence-corrected chi connectivity index (χ0v) is 11.6. The highest BCUT2D eigenvalue weighted by atomic mass is 35.5. The minimum Gasteiger partial charge on any atom is -0.493 e. The molecule has 0 spiro atoms. The number of aryl methyl sites for hydroxylation is 1. The minimum absolute atomic E-state index is 0.0105. The van der Waals surface area contributed by atoms with Gasteiger partial charge in [-0.25, -0.2) is 14.2 Å². The molecule has 2 rings (SSSR count). The predicted molar refractivity (Wildman–Crippen MR) is 70.3 cm³/mol. The summed E-state index contributed by atoms with van der Waals surface area (Å²) in [5.41, 5.74) is 2.91. The van der Waals surface area contributed by atoms with Gasteiger partial charge in [-0.2, -0.15) is 5.10 Å². The Balaban J connectivity index is 2.58. The van der Waals surface area contributed by atoms with E-state index in [0.717, 1.165) is 12.1 Å². The van der Waals surface area contributed by atoms with Gasteiger partial charge in [0, 0.05) is 12.6 Å². The number of nitrogens with two attached hydrogens (primary N) is 1. The molecule has 1 unspecified atom stereocenters. The van der Waals surface area contributed by atoms with Gasteiger partial charge < -0.3 is 4.74 Å². The second kappa shape index (κ2) is 5.74. The van der Waals surface area contributed by atoms with E-state index in [-0.39, 0.29) is 10.6 Å². The van der Waals surface area contributed by atoms with Gasteiger partial charge in [0.1, 0.15) is 17.3 Å². The molecule has 8 heteroatoms. The summed E-state index contributed by atoms with van der Waals surface area (Å²) in [6, 6.07) is 1.07. The third-order valence-corrected chi connectivity index (χ3v) is 3.25. The molecule has 0 aliphatic rings. The number of ether oxygens (including phenoxy) is 1. The molecule has 0 radical (unpaired) electrons. The Hall–Kier alpha value is -1.70. The van der Waals surface area contributed by atoms with E-state index in [9.17, 15) is 8.78 Å². The van der Waals surface area contributed by atoms with Gasteiger partial charge in [-0.15, -0.1) is 0 Å². The van der Waals surface area contributed by atoms with Gasteiger partial charge in [0.05, 0.1) is 24.4 Å². The smallest absolute Gasteiger partial charge is 0.161 e. The van der Waals surface area contributed by atoms with Gasteiger partial charge in [-0.1, -0.05) is 11.6 Å². The van der Waals surface area contributed by atoms with E-state index in [1.54, 1.807) is 7.05 Å². The number of rotatable bonds is 4. The van der Waals surface area contributed by atoms with Crippen molar-refractivity contribution >= 4 is 11.6 Å². The average Bonchev–Trinajstić information content (AvgIpc) is 2.78. The molecule has 3 N–H and O–H groups in total. The fraction of sp³-hybridized carbons (Fsp3) is 0.250. The lowest BCUT2D eigenvalue weighted by molar-refractivity contribution is 0.399. The second-order valence-corrected chi connectivity index (χ2v) is 4.52. The first-order valence-electron chi connectivity index (χ1n) is 5.66. The van der Waals surface area contributed by atoms with Crippen LogP contribution in [0.15, 0.2) is 18.3 Å². The molecule has 1 aromatic heterocycles. The quantitative estimate of drug-likeness (QED) is 0.514. The van der Waals surface area contributed by atoms with Crippen molar-refractivity contribution in [2.75, 3.05) is 7.11 Å². The van der Waals surface area contributed by atoms with Crippen molar-refractivity contribution in [1.29, 1.82) is 0 Å². The Kier molecular flexibility index (Phi) is 4.22. The molecule has 0 aliphatic heterocycles. The number of hydrazine groups is 1. The number of nitrogens with one attached hydrogen (secondary N) is 1. The summed E-state index contributed by atoms with van der Waals surface area (Å²) in [6.45, 7) is 0. The van der Waals surface area contributed by atoms with Crippen LogP contribution < -0.4 is 16.0 Å². The number of benzene rings is 1. The Morgan fingerprint density at radius 3 is 2.70 bits per heavy atom. The third kappa shape index (κ3) is 2.47. The number of hydrogen-bond donors (Lipinski definition) is 2. The average molecular weight is 303 g/mol. The Morgan fingerprint density at radius 1 is 1.40 bits per heavy atom. The van der Waals surface area contributed by atoms with Gasteiger partial charge in [0.25, 0.3) is 0 Å². The first kappa shape index (κ1) is 14.7. The van der Waals surface area contributed by atoms with Gasteiger partial charge in [-0.3, -0.25) is 10.5 Å². The Morgan fingerprint density at radius 2 is 2.10 bits per heavy atom. The number of methoxy groups -OCH3 is 1. The van der Waals surface area contributed by atoms with Crippen molar-refractivity contribution in [3.8, 4) is 5.75 Å². The van der Waals surface area contributed by atoms with Crippen molar-refractivity contribution in [3.63, 3.8) is 0 Å². The van der Waals surface area contributed by atoms with E-state index in [0.29, 0.717) is 11.4 Å². The van der Waals surface area contributed by atoms with Crippen LogP contribution in [0.4, 0.5) is 8.78 Å². The molecule has 0 fully saturated rings. The molecular formula is C12H13ClF2N4O. The van der Waals surface area contributed by atoms with E-state index < -0.39 is 17.7 Å². The normalized spacial score (nSPS) is 12.5. The second-order valence-electron chi connectivity index (χ2n) is 4.11. The van der Waals surface area contributed by atoms with Crippen LogP contribution in [0.3, 0.4) is 0 Å². The molecule has 5 nitrogen and oxygen atoms in total. The lowest BCUT2D eigenvalue weighted by Gasteiger charge is -2.19. The first-order valence-corrected chi connectivity index (χ1v) is 6.03. The summed E-state index contributed by atoms with van der Waals surface area (Å²) >= 11 is 5.54. The number of hydrogen-bond acceptors (Lipinski definition) is 4. The summed E-state index contributed by atoms with van der Waals surface area (Å²) in [6.07, 6.45) is 1.46. The maximum absolute atomic E-state index is 14.0. The van der Waals surface area contributed by atoms with E-state index >= 15 is 0 Å². The molecule has 0 bridgehead atoms. The van der Waals surface area contributed by atoms with Crippen LogP contribution in [0.2, 0.25) is 5.02 Å². The number of nitrogens with zero attached hydrogens (tertiary/aromatic N) is 2. The van der Waals surface area contributed by atoms with Crippen LogP contribution in [-0.2, 0) is 7.05 Å². The number of aromatic nitrogens is 2. The third-order valence-electron chi connectivity index (χ3n) is 2.96. The molecule has 1 aromatic carbocycles. The van der Waals surface area contributed by atoms with Crippen molar-refractivity contribution < 1.29 is 13.5 Å². The van der Waals surface area contributed by atoms with Crippen molar-refractivity contribution in [2.24, 2.45) is 12.9 Å². The highest BCUT2D eigenvalue weighted by Crippen LogP contribution is 2.32. The van der Waals surface area contributed by atoms with Gasteiger partial charge >= 0.3 is 0 Å². The SMILES string of the molecule is COc1cnn(C)c1C(NN)c1cc(F)c(Cl)cc1F. The maximum Gasteiger partial charge on any atom is 0.161 e. The van der Waals surface area contributed by atoms with Crippen LogP contribution in [0.1, 0.15) is 17.3 Å². The molecule has 1 heterocycles.